The van der Waals surface area contributed by atoms with Crippen molar-refractivity contribution in [3.8, 4) is 0 Å². The van der Waals surface area contributed by atoms with Crippen molar-refractivity contribution in [1.29, 1.82) is 0 Å². The number of aryl methyl sites for hydroxylation is 1. The van der Waals surface area contributed by atoms with Crippen molar-refractivity contribution in [2.24, 2.45) is 5.92 Å². The standard InChI is InChI=1S/C34H36N2O4/c37-32(38)24-29(19-10-18-28-17-9-16-27-15-7-8-20-30(27)28)33(39)36-31(23-26-13-5-2-6-14-26)34(40)35-22-21-25-11-3-1-4-12-25/h1-9,11-17,20,29,31H,10,18-19,21-24H2,(H,35,40)(H,36,39)(H,37,38)/t29-,31+/m1/s1. The fourth-order valence-corrected chi connectivity index (χ4v) is 5.03. The Kier molecular flexibility index (Phi) is 10.4. The second-order valence-electron chi connectivity index (χ2n) is 10.1. The first kappa shape index (κ1) is 28.6. The maximum Gasteiger partial charge on any atom is 0.304 e. The number of rotatable bonds is 14. The second-order valence-corrected chi connectivity index (χ2v) is 10.1. The minimum absolute atomic E-state index is 0.280. The zero-order valence-corrected chi connectivity index (χ0v) is 22.6. The van der Waals surface area contributed by atoms with Gasteiger partial charge in [0.15, 0.2) is 0 Å². The molecule has 206 valence electrons. The molecule has 0 aliphatic carbocycles. The number of carboxylic acid groups (broad SMARTS) is 1. The van der Waals surface area contributed by atoms with Gasteiger partial charge >= 0.3 is 5.97 Å². The molecule has 0 fully saturated rings. The Morgan fingerprint density at radius 1 is 0.700 bits per heavy atom. The van der Waals surface area contributed by atoms with E-state index in [1.807, 2.05) is 78.9 Å². The highest BCUT2D eigenvalue weighted by Gasteiger charge is 2.27. The molecule has 40 heavy (non-hydrogen) atoms. The summed E-state index contributed by atoms with van der Waals surface area (Å²) in [6, 6.07) is 32.9. The van der Waals surface area contributed by atoms with Crippen molar-refractivity contribution in [2.45, 2.75) is 44.6 Å². The number of carbonyl (C=O) groups excluding carboxylic acids is 2. The van der Waals surface area contributed by atoms with E-state index < -0.39 is 23.8 Å². The number of aliphatic carboxylic acids is 1. The van der Waals surface area contributed by atoms with Crippen LogP contribution >= 0.6 is 0 Å². The predicted octanol–water partition coefficient (Wildman–Crippen LogP) is 5.34. The lowest BCUT2D eigenvalue weighted by molar-refractivity contribution is -0.141. The van der Waals surface area contributed by atoms with Crippen LogP contribution in [0.15, 0.2) is 103 Å². The zero-order chi connectivity index (χ0) is 28.2. The summed E-state index contributed by atoms with van der Waals surface area (Å²) in [5, 5.41) is 17.7. The highest BCUT2D eigenvalue weighted by molar-refractivity contribution is 5.90. The average Bonchev–Trinajstić information content (AvgIpc) is 2.97. The van der Waals surface area contributed by atoms with E-state index in [2.05, 4.69) is 34.9 Å². The molecule has 0 aromatic heterocycles. The summed E-state index contributed by atoms with van der Waals surface area (Å²) in [4.78, 5) is 38.2. The summed E-state index contributed by atoms with van der Waals surface area (Å²) in [5.74, 6) is -2.45. The molecule has 6 heteroatoms. The van der Waals surface area contributed by atoms with Gasteiger partial charge in [-0.1, -0.05) is 103 Å². The van der Waals surface area contributed by atoms with Gasteiger partial charge in [-0.25, -0.2) is 0 Å². The summed E-state index contributed by atoms with van der Waals surface area (Å²) in [5.41, 5.74) is 3.20. The number of carbonyl (C=O) groups is 3. The number of carboxylic acids is 1. The van der Waals surface area contributed by atoms with E-state index in [-0.39, 0.29) is 12.3 Å². The smallest absolute Gasteiger partial charge is 0.304 e. The minimum Gasteiger partial charge on any atom is -0.481 e. The van der Waals surface area contributed by atoms with Gasteiger partial charge in [-0.3, -0.25) is 14.4 Å². The Bertz CT molecular complexity index is 1400. The van der Waals surface area contributed by atoms with Gasteiger partial charge in [0.2, 0.25) is 11.8 Å². The Balaban J connectivity index is 1.40. The van der Waals surface area contributed by atoms with Gasteiger partial charge in [0.05, 0.1) is 6.42 Å². The molecule has 4 rings (SSSR count). The lowest BCUT2D eigenvalue weighted by Gasteiger charge is -2.22. The number of hydrogen-bond donors (Lipinski definition) is 3. The third-order valence-electron chi connectivity index (χ3n) is 7.14. The molecule has 0 radical (unpaired) electrons. The molecule has 0 aliphatic heterocycles. The van der Waals surface area contributed by atoms with Gasteiger partial charge < -0.3 is 15.7 Å². The Hall–Kier alpha value is -4.45. The fraction of sp³-hybridized carbons (Fsp3) is 0.265. The van der Waals surface area contributed by atoms with E-state index in [1.54, 1.807) is 0 Å². The van der Waals surface area contributed by atoms with Crippen LogP contribution in [0.3, 0.4) is 0 Å². The first-order valence-corrected chi connectivity index (χ1v) is 13.8. The third-order valence-corrected chi connectivity index (χ3v) is 7.14. The van der Waals surface area contributed by atoms with Gasteiger partial charge in [-0.2, -0.15) is 0 Å². The summed E-state index contributed by atoms with van der Waals surface area (Å²) in [6.45, 7) is 0.438. The molecule has 0 bridgehead atoms. The molecule has 0 unspecified atom stereocenters. The van der Waals surface area contributed by atoms with Crippen molar-refractivity contribution in [2.75, 3.05) is 6.54 Å². The first-order chi connectivity index (χ1) is 19.5. The van der Waals surface area contributed by atoms with E-state index in [1.165, 1.54) is 10.9 Å². The van der Waals surface area contributed by atoms with Crippen LogP contribution in [-0.4, -0.2) is 35.5 Å². The summed E-state index contributed by atoms with van der Waals surface area (Å²) in [6.07, 6.45) is 2.52. The maximum absolute atomic E-state index is 13.4. The van der Waals surface area contributed by atoms with Crippen LogP contribution < -0.4 is 10.6 Å². The number of nitrogens with one attached hydrogen (secondary N) is 2. The van der Waals surface area contributed by atoms with E-state index in [0.29, 0.717) is 32.2 Å². The number of benzene rings is 4. The van der Waals surface area contributed by atoms with Crippen LogP contribution in [-0.2, 0) is 33.6 Å². The molecular formula is C34H36N2O4. The molecule has 2 atom stereocenters. The third kappa shape index (κ3) is 8.53. The highest BCUT2D eigenvalue weighted by Crippen LogP contribution is 2.22. The average molecular weight is 537 g/mol. The monoisotopic (exact) mass is 536 g/mol. The maximum atomic E-state index is 13.4. The topological polar surface area (TPSA) is 95.5 Å². The Morgan fingerprint density at radius 2 is 1.35 bits per heavy atom. The second kappa shape index (κ2) is 14.6. The SMILES string of the molecule is O=C(O)C[C@@H](CCCc1cccc2ccccc12)C(=O)N[C@@H](Cc1ccccc1)C(=O)NCCc1ccccc1. The molecule has 0 heterocycles. The normalized spacial score (nSPS) is 12.4. The molecule has 0 saturated heterocycles. The molecule has 0 spiro atoms. The number of fused-ring (bicyclic) bond motifs is 1. The van der Waals surface area contributed by atoms with Crippen molar-refractivity contribution in [3.05, 3.63) is 120 Å². The van der Waals surface area contributed by atoms with Crippen LogP contribution in [0.5, 0.6) is 0 Å². The predicted molar refractivity (Wildman–Crippen MR) is 158 cm³/mol. The van der Waals surface area contributed by atoms with Gasteiger partial charge in [0.25, 0.3) is 0 Å². The van der Waals surface area contributed by atoms with Crippen molar-refractivity contribution in [1.82, 2.24) is 10.6 Å². The van der Waals surface area contributed by atoms with Crippen LogP contribution in [0, 0.1) is 5.92 Å². The van der Waals surface area contributed by atoms with Crippen LogP contribution in [0.4, 0.5) is 0 Å². The molecule has 2 amide bonds. The van der Waals surface area contributed by atoms with Gasteiger partial charge in [0.1, 0.15) is 6.04 Å². The van der Waals surface area contributed by atoms with Crippen molar-refractivity contribution >= 4 is 28.6 Å². The Labute approximate surface area is 235 Å². The lowest BCUT2D eigenvalue weighted by Crippen LogP contribution is -2.50. The van der Waals surface area contributed by atoms with Gasteiger partial charge in [-0.05, 0) is 53.1 Å². The van der Waals surface area contributed by atoms with Gasteiger partial charge in [-0.15, -0.1) is 0 Å². The molecule has 6 nitrogen and oxygen atoms in total. The highest BCUT2D eigenvalue weighted by atomic mass is 16.4. The molecule has 4 aromatic rings. The molecular weight excluding hydrogens is 500 g/mol. The number of hydrogen-bond acceptors (Lipinski definition) is 3. The van der Waals surface area contributed by atoms with Crippen LogP contribution in [0.1, 0.15) is 36.0 Å². The van der Waals surface area contributed by atoms with E-state index in [4.69, 9.17) is 0 Å². The van der Waals surface area contributed by atoms with E-state index >= 15 is 0 Å². The summed E-state index contributed by atoms with van der Waals surface area (Å²) in [7, 11) is 0. The quantitative estimate of drug-likeness (QED) is 0.203. The van der Waals surface area contributed by atoms with Gasteiger partial charge in [0, 0.05) is 18.9 Å². The van der Waals surface area contributed by atoms with E-state index in [9.17, 15) is 19.5 Å². The Morgan fingerprint density at radius 3 is 2.08 bits per heavy atom. The van der Waals surface area contributed by atoms with E-state index in [0.717, 1.165) is 22.9 Å². The lowest BCUT2D eigenvalue weighted by atomic mass is 9.93. The zero-order valence-electron chi connectivity index (χ0n) is 22.6. The molecule has 0 saturated carbocycles. The molecule has 4 aromatic carbocycles. The van der Waals surface area contributed by atoms with Crippen LogP contribution in [0.2, 0.25) is 0 Å². The first-order valence-electron chi connectivity index (χ1n) is 13.8. The van der Waals surface area contributed by atoms with Crippen molar-refractivity contribution < 1.29 is 19.5 Å². The molecule has 3 N–H and O–H groups in total. The summed E-state index contributed by atoms with van der Waals surface area (Å²) < 4.78 is 0. The summed E-state index contributed by atoms with van der Waals surface area (Å²) >= 11 is 0. The molecule has 0 aliphatic rings. The fourth-order valence-electron chi connectivity index (χ4n) is 5.03. The van der Waals surface area contributed by atoms with Crippen molar-refractivity contribution in [3.63, 3.8) is 0 Å². The number of amides is 2. The minimum atomic E-state index is -1.03. The largest absolute Gasteiger partial charge is 0.481 e. The van der Waals surface area contributed by atoms with Crippen LogP contribution in [0.25, 0.3) is 10.8 Å².